The standard InChI is InChI=1S/C10H10N2O4S.C10H12N2O3S.CH2Cl2/c1-3-5-4-6(13)16-9-7(5)8(14)11-10(12-9)17(2)15;1-3-5-4-6(13)15-9-7(5)8(14)11-10(12-9)16-2;2-1-3/h4H,3H2,1-2H3,(H,11,12,14);4,10,12H,3H2,1-2H3,(H,11,14);1H2. The van der Waals surface area contributed by atoms with Crippen molar-refractivity contribution in [1.29, 1.82) is 0 Å². The molecule has 0 saturated carbocycles. The van der Waals surface area contributed by atoms with Crippen molar-refractivity contribution in [3.63, 3.8) is 0 Å². The summed E-state index contributed by atoms with van der Waals surface area (Å²) in [5, 5.41) is 6.15. The predicted molar refractivity (Wildman–Crippen MR) is 142 cm³/mol. The van der Waals surface area contributed by atoms with E-state index in [1.54, 1.807) is 0 Å². The third-order valence-electron chi connectivity index (χ3n) is 4.74. The van der Waals surface area contributed by atoms with Crippen molar-refractivity contribution in [2.45, 2.75) is 37.3 Å². The Morgan fingerprint density at radius 3 is 2.17 bits per heavy atom. The zero-order valence-corrected chi connectivity index (χ0v) is 22.9. The molecule has 0 radical (unpaired) electrons. The molecule has 15 heteroatoms. The first-order valence-corrected chi connectivity index (χ1v) is 14.3. The molecule has 1 aliphatic heterocycles. The summed E-state index contributed by atoms with van der Waals surface area (Å²) in [6.45, 7) is 3.71. The molecule has 3 aromatic rings. The molecule has 196 valence electrons. The van der Waals surface area contributed by atoms with Crippen LogP contribution in [0.2, 0.25) is 0 Å². The number of hydrogen-bond donors (Lipinski definition) is 3. The number of H-pyrrole nitrogens is 1. The van der Waals surface area contributed by atoms with Crippen LogP contribution in [0.25, 0.3) is 11.1 Å². The van der Waals surface area contributed by atoms with Gasteiger partial charge in [-0.3, -0.25) is 18.8 Å². The van der Waals surface area contributed by atoms with E-state index in [-0.39, 0.29) is 38.9 Å². The van der Waals surface area contributed by atoms with Gasteiger partial charge in [-0.05, 0) is 30.2 Å². The predicted octanol–water partition coefficient (Wildman–Crippen LogP) is 2.60. The van der Waals surface area contributed by atoms with E-state index in [1.165, 1.54) is 30.2 Å². The highest BCUT2D eigenvalue weighted by molar-refractivity contribution is 7.99. The Labute approximate surface area is 221 Å². The van der Waals surface area contributed by atoms with Crippen LogP contribution in [0.1, 0.15) is 35.3 Å². The number of nitrogens with one attached hydrogen (secondary N) is 3. The van der Waals surface area contributed by atoms with Crippen LogP contribution in [0.15, 0.2) is 40.5 Å². The molecule has 0 saturated heterocycles. The number of hydrogen-bond acceptors (Lipinski definition) is 10. The average molecular weight is 579 g/mol. The van der Waals surface area contributed by atoms with Gasteiger partial charge in [-0.1, -0.05) is 13.8 Å². The van der Waals surface area contributed by atoms with Gasteiger partial charge in [0.2, 0.25) is 16.8 Å². The Hall–Kier alpha value is -2.61. The van der Waals surface area contributed by atoms with Gasteiger partial charge >= 0.3 is 11.3 Å². The third kappa shape index (κ3) is 7.21. The third-order valence-corrected chi connectivity index (χ3v) is 6.18. The molecule has 3 N–H and O–H groups in total. The first-order valence-electron chi connectivity index (χ1n) is 10.4. The number of aromatic amines is 1. The zero-order chi connectivity index (χ0) is 27.0. The lowest BCUT2D eigenvalue weighted by Gasteiger charge is -2.25. The second-order valence-corrected chi connectivity index (χ2v) is 9.98. The first kappa shape index (κ1) is 29.6. The van der Waals surface area contributed by atoms with Gasteiger partial charge in [0.05, 0.1) is 16.1 Å². The van der Waals surface area contributed by atoms with Crippen molar-refractivity contribution in [2.75, 3.05) is 23.2 Å². The molecule has 1 aliphatic rings. The molecule has 0 fully saturated rings. The van der Waals surface area contributed by atoms with Gasteiger partial charge in [-0.2, -0.15) is 4.98 Å². The minimum absolute atomic E-state index is 0.00102. The molecule has 3 aromatic heterocycles. The monoisotopic (exact) mass is 578 g/mol. The summed E-state index contributed by atoms with van der Waals surface area (Å²) in [7, 11) is -1.44. The van der Waals surface area contributed by atoms with Crippen LogP contribution < -0.4 is 27.4 Å². The lowest BCUT2D eigenvalue weighted by Crippen LogP contribution is -2.43. The van der Waals surface area contributed by atoms with E-state index >= 15 is 0 Å². The number of thioether (sulfide) groups is 1. The smallest absolute Gasteiger partial charge is 0.337 e. The fraction of sp³-hybridized carbons (Fsp3) is 0.381. The van der Waals surface area contributed by atoms with Crippen molar-refractivity contribution < 1.29 is 17.8 Å². The Morgan fingerprint density at radius 1 is 1.03 bits per heavy atom. The summed E-state index contributed by atoms with van der Waals surface area (Å²) in [4.78, 5) is 52.5. The summed E-state index contributed by atoms with van der Waals surface area (Å²) >= 11 is 11.0. The molecule has 0 aliphatic carbocycles. The molecule has 0 bridgehead atoms. The minimum Gasteiger partial charge on any atom is -0.406 e. The summed E-state index contributed by atoms with van der Waals surface area (Å²) in [6.07, 6.45) is 4.37. The summed E-state index contributed by atoms with van der Waals surface area (Å²) in [5.74, 6) is 0.0705. The van der Waals surface area contributed by atoms with Crippen LogP contribution in [-0.2, 0) is 23.6 Å². The fourth-order valence-electron chi connectivity index (χ4n) is 3.18. The van der Waals surface area contributed by atoms with E-state index in [0.29, 0.717) is 29.5 Å². The molecule has 2 atom stereocenters. The number of nitrogens with zero attached hydrogens (tertiary/aromatic N) is 1. The number of anilines is 1. The lowest BCUT2D eigenvalue weighted by atomic mass is 10.1. The molecule has 0 spiro atoms. The summed E-state index contributed by atoms with van der Waals surface area (Å²) in [6, 6.07) is 2.63. The van der Waals surface area contributed by atoms with Crippen LogP contribution >= 0.6 is 35.0 Å². The number of alkyl halides is 2. The van der Waals surface area contributed by atoms with Gasteiger partial charge in [-0.15, -0.1) is 35.0 Å². The van der Waals surface area contributed by atoms with Crippen molar-refractivity contribution in [2.24, 2.45) is 0 Å². The van der Waals surface area contributed by atoms with E-state index in [4.69, 9.17) is 32.0 Å². The maximum Gasteiger partial charge on any atom is 0.337 e. The van der Waals surface area contributed by atoms with Gasteiger partial charge in [0.15, 0.2) is 0 Å². The number of carbonyl (C=O) groups is 1. The highest BCUT2D eigenvalue weighted by atomic mass is 35.5. The van der Waals surface area contributed by atoms with Crippen LogP contribution in [0.4, 0.5) is 5.88 Å². The first-order chi connectivity index (χ1) is 17.1. The quantitative estimate of drug-likeness (QED) is 0.309. The van der Waals surface area contributed by atoms with Gasteiger partial charge in [-0.25, -0.2) is 9.59 Å². The SMILES string of the molecule is CCc1cc(=O)oc2c1C(=O)NC(SC)N2.CCc1cc(=O)oc2nc(S(C)=O)[nH]c(=O)c12.ClCCl. The number of halogens is 2. The van der Waals surface area contributed by atoms with E-state index in [1.807, 2.05) is 20.1 Å². The van der Waals surface area contributed by atoms with E-state index in [9.17, 15) is 23.4 Å². The average Bonchev–Trinajstić information content (AvgIpc) is 2.82. The lowest BCUT2D eigenvalue weighted by molar-refractivity contribution is 0.0944. The Balaban J connectivity index is 0.000000229. The Morgan fingerprint density at radius 2 is 1.61 bits per heavy atom. The second-order valence-electron chi connectivity index (χ2n) is 6.93. The normalized spacial score (nSPS) is 14.8. The van der Waals surface area contributed by atoms with Crippen molar-refractivity contribution in [3.05, 3.63) is 60.0 Å². The molecule has 36 heavy (non-hydrogen) atoms. The molecule has 11 nitrogen and oxygen atoms in total. The molecule has 4 rings (SSSR count). The molecular weight excluding hydrogens is 555 g/mol. The van der Waals surface area contributed by atoms with Crippen LogP contribution in [0.5, 0.6) is 0 Å². The number of fused-ring (bicyclic) bond motifs is 2. The number of aromatic nitrogens is 2. The molecular formula is C21H24Cl2N4O7S2. The van der Waals surface area contributed by atoms with Crippen LogP contribution in [0, 0.1) is 0 Å². The second kappa shape index (κ2) is 13.6. The number of rotatable bonds is 4. The van der Waals surface area contributed by atoms with Gasteiger partial charge in [0.25, 0.3) is 11.5 Å². The summed E-state index contributed by atoms with van der Waals surface area (Å²) in [5.41, 5.74) is -0.0565. The van der Waals surface area contributed by atoms with Gasteiger partial charge in [0, 0.05) is 18.4 Å². The maximum absolute atomic E-state index is 11.8. The number of aryl methyl sites for hydroxylation is 2. The number of carbonyl (C=O) groups excluding carboxylic acids is 1. The van der Waals surface area contributed by atoms with Gasteiger partial charge in [0.1, 0.15) is 16.4 Å². The Kier molecular flexibility index (Phi) is 11.2. The molecule has 1 amide bonds. The van der Waals surface area contributed by atoms with Crippen molar-refractivity contribution in [3.8, 4) is 0 Å². The van der Waals surface area contributed by atoms with E-state index in [2.05, 4.69) is 20.6 Å². The topological polar surface area (TPSA) is 164 Å². The molecule has 0 aromatic carbocycles. The molecule has 2 unspecified atom stereocenters. The van der Waals surface area contributed by atoms with E-state index in [0.717, 1.165) is 0 Å². The molecule has 4 heterocycles. The highest BCUT2D eigenvalue weighted by Gasteiger charge is 2.27. The fourth-order valence-corrected chi connectivity index (χ4v) is 4.08. The highest BCUT2D eigenvalue weighted by Crippen LogP contribution is 2.24. The maximum atomic E-state index is 11.8. The van der Waals surface area contributed by atoms with Crippen molar-refractivity contribution in [1.82, 2.24) is 15.3 Å². The number of amides is 1. The van der Waals surface area contributed by atoms with Crippen LogP contribution in [0.3, 0.4) is 0 Å². The zero-order valence-electron chi connectivity index (χ0n) is 19.7. The Bertz CT molecular complexity index is 1440. The van der Waals surface area contributed by atoms with Crippen LogP contribution in [-0.4, -0.2) is 43.4 Å². The minimum atomic E-state index is -1.44. The largest absolute Gasteiger partial charge is 0.406 e. The van der Waals surface area contributed by atoms with Crippen molar-refractivity contribution >= 4 is 68.7 Å². The van der Waals surface area contributed by atoms with E-state index < -0.39 is 27.6 Å². The summed E-state index contributed by atoms with van der Waals surface area (Å²) < 4.78 is 21.1. The van der Waals surface area contributed by atoms with Gasteiger partial charge < -0.3 is 19.5 Å².